The second-order valence-electron chi connectivity index (χ2n) is 7.65. The maximum atomic E-state index is 13.4. The third kappa shape index (κ3) is 2.99. The zero-order valence-corrected chi connectivity index (χ0v) is 15.7. The van der Waals surface area contributed by atoms with E-state index in [1.807, 2.05) is 0 Å². The molecule has 2 aromatic heterocycles. The number of carbonyl (C=O) groups is 1. The summed E-state index contributed by atoms with van der Waals surface area (Å²) in [6.07, 6.45) is 10.4. The van der Waals surface area contributed by atoms with Crippen LogP contribution in [0.25, 0.3) is 5.82 Å². The van der Waals surface area contributed by atoms with Crippen LogP contribution < -0.4 is 0 Å². The van der Waals surface area contributed by atoms with Crippen LogP contribution in [0.5, 0.6) is 0 Å². The van der Waals surface area contributed by atoms with E-state index in [9.17, 15) is 4.79 Å². The number of pyridine rings is 1. The molecule has 0 radical (unpaired) electrons. The smallest absolute Gasteiger partial charge is 0.254 e. The lowest BCUT2D eigenvalue weighted by Gasteiger charge is -2.35. The van der Waals surface area contributed by atoms with Gasteiger partial charge in [-0.15, -0.1) is 0 Å². The molecule has 1 aliphatic heterocycles. The molecule has 2 atom stereocenters. The Balaban J connectivity index is 1.44. The normalized spacial score (nSPS) is 21.5. The molecule has 0 spiro atoms. The van der Waals surface area contributed by atoms with Crippen molar-refractivity contribution in [1.82, 2.24) is 24.6 Å². The van der Waals surface area contributed by atoms with Crippen LogP contribution >= 0.6 is 0 Å². The van der Waals surface area contributed by atoms with Crippen molar-refractivity contribution in [3.63, 3.8) is 0 Å². The molecule has 2 aliphatic rings. The number of aryl methyl sites for hydroxylation is 1. The minimum absolute atomic E-state index is 0.0920. The predicted molar refractivity (Wildman–Crippen MR) is 105 cm³/mol. The van der Waals surface area contributed by atoms with E-state index in [4.69, 9.17) is 0 Å². The number of hydrogen-bond donors (Lipinski definition) is 0. The van der Waals surface area contributed by atoms with Gasteiger partial charge in [0.1, 0.15) is 12.7 Å². The molecule has 1 aliphatic carbocycles. The monoisotopic (exact) mass is 373 g/mol. The summed E-state index contributed by atoms with van der Waals surface area (Å²) in [4.78, 5) is 23.8. The number of fused-ring (bicyclic) bond motifs is 1. The molecule has 28 heavy (non-hydrogen) atoms. The molecule has 2 unspecified atom stereocenters. The van der Waals surface area contributed by atoms with Gasteiger partial charge in [0.2, 0.25) is 0 Å². The van der Waals surface area contributed by atoms with Gasteiger partial charge in [-0.25, -0.2) is 14.6 Å². The largest absolute Gasteiger partial charge is 0.335 e. The summed E-state index contributed by atoms with van der Waals surface area (Å²) < 4.78 is 1.58. The van der Waals surface area contributed by atoms with E-state index >= 15 is 0 Å². The van der Waals surface area contributed by atoms with Gasteiger partial charge in [-0.1, -0.05) is 24.3 Å². The predicted octanol–water partition coefficient (Wildman–Crippen LogP) is 3.39. The second kappa shape index (κ2) is 7.19. The first-order chi connectivity index (χ1) is 13.8. The maximum absolute atomic E-state index is 13.4. The van der Waals surface area contributed by atoms with E-state index in [1.165, 1.54) is 23.9 Å². The molecule has 0 saturated carbocycles. The molecular formula is C22H23N5O. The van der Waals surface area contributed by atoms with Gasteiger partial charge in [-0.3, -0.25) is 4.79 Å². The molecular weight excluding hydrogens is 350 g/mol. The average Bonchev–Trinajstić information content (AvgIpc) is 3.45. The van der Waals surface area contributed by atoms with Gasteiger partial charge in [-0.2, -0.15) is 5.10 Å². The summed E-state index contributed by atoms with van der Waals surface area (Å²) in [5.74, 6) is 1.14. The second-order valence-corrected chi connectivity index (χ2v) is 7.65. The molecule has 5 rings (SSSR count). The number of aromatic nitrogens is 4. The van der Waals surface area contributed by atoms with Crippen molar-refractivity contribution in [3.05, 3.63) is 71.9 Å². The Hall–Kier alpha value is -3.02. The summed E-state index contributed by atoms with van der Waals surface area (Å²) in [5.41, 5.74) is 3.56. The lowest BCUT2D eigenvalue weighted by atomic mass is 9.78. The molecule has 1 aromatic carbocycles. The van der Waals surface area contributed by atoms with Gasteiger partial charge in [-0.05, 0) is 55.4 Å². The Morgan fingerprint density at radius 2 is 2.04 bits per heavy atom. The van der Waals surface area contributed by atoms with E-state index in [0.29, 0.717) is 17.3 Å². The Morgan fingerprint density at radius 3 is 2.93 bits per heavy atom. The van der Waals surface area contributed by atoms with Crippen LogP contribution in [0.15, 0.2) is 55.2 Å². The highest BCUT2D eigenvalue weighted by molar-refractivity contribution is 5.95. The average molecular weight is 373 g/mol. The third-order valence-corrected chi connectivity index (χ3v) is 6.09. The van der Waals surface area contributed by atoms with Crippen LogP contribution in [-0.4, -0.2) is 43.1 Å². The molecule has 6 heteroatoms. The van der Waals surface area contributed by atoms with Crippen molar-refractivity contribution in [3.8, 4) is 5.82 Å². The fraction of sp³-hybridized carbons (Fsp3) is 0.364. The summed E-state index contributed by atoms with van der Waals surface area (Å²) in [6.45, 7) is 0.823. The molecule has 1 fully saturated rings. The SMILES string of the molecule is O=C(c1ccnc(-n2cncn2)c1)N1CCCC1C1CCCc2ccccc21. The molecule has 142 valence electrons. The molecule has 1 amide bonds. The van der Waals surface area contributed by atoms with Crippen LogP contribution in [0.2, 0.25) is 0 Å². The zero-order valence-electron chi connectivity index (χ0n) is 15.7. The van der Waals surface area contributed by atoms with Gasteiger partial charge in [0.25, 0.3) is 5.91 Å². The summed E-state index contributed by atoms with van der Waals surface area (Å²) in [6, 6.07) is 12.6. The van der Waals surface area contributed by atoms with Crippen molar-refractivity contribution in [2.75, 3.05) is 6.54 Å². The fourth-order valence-electron chi connectivity index (χ4n) is 4.82. The number of carbonyl (C=O) groups excluding carboxylic acids is 1. The van der Waals surface area contributed by atoms with Gasteiger partial charge in [0, 0.05) is 30.3 Å². The van der Waals surface area contributed by atoms with Gasteiger partial charge >= 0.3 is 0 Å². The lowest BCUT2D eigenvalue weighted by Crippen LogP contribution is -2.40. The maximum Gasteiger partial charge on any atom is 0.254 e. The van der Waals surface area contributed by atoms with Crippen LogP contribution in [0.4, 0.5) is 0 Å². The van der Waals surface area contributed by atoms with Gasteiger partial charge < -0.3 is 4.90 Å². The highest BCUT2D eigenvalue weighted by Gasteiger charge is 2.37. The summed E-state index contributed by atoms with van der Waals surface area (Å²) in [7, 11) is 0. The number of hydrogen-bond acceptors (Lipinski definition) is 4. The molecule has 3 aromatic rings. The first kappa shape index (κ1) is 17.1. The molecule has 1 saturated heterocycles. The summed E-state index contributed by atoms with van der Waals surface area (Å²) in [5, 5.41) is 4.12. The van der Waals surface area contributed by atoms with Crippen molar-refractivity contribution < 1.29 is 4.79 Å². The van der Waals surface area contributed by atoms with Crippen molar-refractivity contribution in [2.45, 2.75) is 44.1 Å². The molecule has 3 heterocycles. The molecule has 6 nitrogen and oxygen atoms in total. The minimum atomic E-state index is 0.0920. The Kier molecular flexibility index (Phi) is 4.39. The van der Waals surface area contributed by atoms with Crippen molar-refractivity contribution in [2.24, 2.45) is 0 Å². The van der Waals surface area contributed by atoms with Crippen LogP contribution in [0, 0.1) is 0 Å². The van der Waals surface area contributed by atoms with Gasteiger partial charge in [0.15, 0.2) is 5.82 Å². The van der Waals surface area contributed by atoms with Crippen molar-refractivity contribution >= 4 is 5.91 Å². The first-order valence-corrected chi connectivity index (χ1v) is 10.0. The fourth-order valence-corrected chi connectivity index (χ4v) is 4.82. The van der Waals surface area contributed by atoms with Crippen LogP contribution in [0.1, 0.15) is 53.1 Å². The lowest BCUT2D eigenvalue weighted by molar-refractivity contribution is 0.0710. The quantitative estimate of drug-likeness (QED) is 0.706. The van der Waals surface area contributed by atoms with E-state index in [2.05, 4.69) is 44.2 Å². The Bertz CT molecular complexity index is 984. The van der Waals surface area contributed by atoms with Crippen LogP contribution in [0.3, 0.4) is 0 Å². The number of benzene rings is 1. The highest BCUT2D eigenvalue weighted by atomic mass is 16.2. The molecule has 0 N–H and O–H groups in total. The zero-order chi connectivity index (χ0) is 18.9. The number of amides is 1. The van der Waals surface area contributed by atoms with Gasteiger partial charge in [0.05, 0.1) is 0 Å². The Labute approximate surface area is 164 Å². The first-order valence-electron chi connectivity index (χ1n) is 10.0. The number of rotatable bonds is 3. The van der Waals surface area contributed by atoms with E-state index in [0.717, 1.165) is 32.2 Å². The number of nitrogens with zero attached hydrogens (tertiary/aromatic N) is 5. The highest BCUT2D eigenvalue weighted by Crippen LogP contribution is 2.40. The Morgan fingerprint density at radius 1 is 1.11 bits per heavy atom. The standard InChI is InChI=1S/C22H23N5O/c28-22(17-10-11-24-21(13-17)27-15-23-14-25-27)26-12-4-9-20(26)19-8-3-6-16-5-1-2-7-18(16)19/h1-2,5,7,10-11,13-15,19-20H,3-4,6,8-9,12H2. The van der Waals surface area contributed by atoms with E-state index in [1.54, 1.807) is 29.3 Å². The molecule has 0 bridgehead atoms. The van der Waals surface area contributed by atoms with E-state index in [-0.39, 0.29) is 11.9 Å². The summed E-state index contributed by atoms with van der Waals surface area (Å²) >= 11 is 0. The minimum Gasteiger partial charge on any atom is -0.335 e. The topological polar surface area (TPSA) is 63.9 Å². The van der Waals surface area contributed by atoms with Crippen LogP contribution in [-0.2, 0) is 6.42 Å². The third-order valence-electron chi connectivity index (χ3n) is 6.09. The van der Waals surface area contributed by atoms with E-state index < -0.39 is 0 Å². The van der Waals surface area contributed by atoms with Crippen molar-refractivity contribution in [1.29, 1.82) is 0 Å². The number of likely N-dealkylation sites (tertiary alicyclic amines) is 1.